The Morgan fingerprint density at radius 1 is 1.07 bits per heavy atom. The molecule has 0 aliphatic carbocycles. The second-order valence-corrected chi connectivity index (χ2v) is 7.07. The van der Waals surface area contributed by atoms with Gasteiger partial charge in [-0.15, -0.1) is 11.3 Å². The molecule has 0 atom stereocenters. The number of amides is 1. The van der Waals surface area contributed by atoms with E-state index in [-0.39, 0.29) is 5.91 Å². The van der Waals surface area contributed by atoms with Crippen LogP contribution < -0.4 is 5.32 Å². The number of carbonyl (C=O) groups excluding carboxylic acids is 1. The lowest BCUT2D eigenvalue weighted by molar-refractivity contribution is 0.102. The minimum Gasteiger partial charge on any atom is -0.444 e. The van der Waals surface area contributed by atoms with Crippen molar-refractivity contribution in [3.8, 4) is 11.3 Å². The molecule has 0 saturated carbocycles. The minimum absolute atomic E-state index is 0.294. The molecule has 8 heteroatoms. The van der Waals surface area contributed by atoms with E-state index in [9.17, 15) is 13.6 Å². The SMILES string of the molecule is O=C(Nc1ncc(Cc2ccc(F)c(F)c2)s1)c1ccc(-c2cnco2)cc1. The van der Waals surface area contributed by atoms with Crippen molar-refractivity contribution in [2.24, 2.45) is 0 Å². The predicted molar refractivity (Wildman–Crippen MR) is 101 cm³/mol. The summed E-state index contributed by atoms with van der Waals surface area (Å²) in [6.07, 6.45) is 4.95. The van der Waals surface area contributed by atoms with Crippen LogP contribution in [0.2, 0.25) is 0 Å². The summed E-state index contributed by atoms with van der Waals surface area (Å²) in [7, 11) is 0. The normalized spacial score (nSPS) is 10.8. The van der Waals surface area contributed by atoms with Crippen LogP contribution >= 0.6 is 11.3 Å². The summed E-state index contributed by atoms with van der Waals surface area (Å²) in [5.41, 5.74) is 1.92. The van der Waals surface area contributed by atoms with Crippen LogP contribution in [0.5, 0.6) is 0 Å². The van der Waals surface area contributed by atoms with Gasteiger partial charge in [0.1, 0.15) is 0 Å². The molecule has 2 heterocycles. The molecule has 0 saturated heterocycles. The number of carbonyl (C=O) groups is 1. The zero-order valence-electron chi connectivity index (χ0n) is 14.4. The number of nitrogens with one attached hydrogen (secondary N) is 1. The number of hydrogen-bond donors (Lipinski definition) is 1. The van der Waals surface area contributed by atoms with Crippen molar-refractivity contribution >= 4 is 22.4 Å². The first kappa shape index (κ1) is 18.0. The Balaban J connectivity index is 1.41. The first-order valence-corrected chi connectivity index (χ1v) is 9.09. The van der Waals surface area contributed by atoms with Crippen molar-refractivity contribution in [3.05, 3.63) is 88.9 Å². The van der Waals surface area contributed by atoms with Gasteiger partial charge in [-0.2, -0.15) is 0 Å². The lowest BCUT2D eigenvalue weighted by Crippen LogP contribution is -2.11. The number of nitrogens with zero attached hydrogens (tertiary/aromatic N) is 2. The Labute approximate surface area is 162 Å². The maximum absolute atomic E-state index is 13.3. The lowest BCUT2D eigenvalue weighted by atomic mass is 10.1. The summed E-state index contributed by atoms with van der Waals surface area (Å²) in [5.74, 6) is -1.44. The molecule has 0 aliphatic rings. The zero-order chi connectivity index (χ0) is 19.5. The Morgan fingerprint density at radius 2 is 1.89 bits per heavy atom. The topological polar surface area (TPSA) is 68.0 Å². The van der Waals surface area contributed by atoms with Gasteiger partial charge in [0, 0.05) is 28.6 Å². The van der Waals surface area contributed by atoms with Gasteiger partial charge < -0.3 is 4.42 Å². The highest BCUT2D eigenvalue weighted by Crippen LogP contribution is 2.23. The van der Waals surface area contributed by atoms with E-state index < -0.39 is 11.6 Å². The van der Waals surface area contributed by atoms with Crippen molar-refractivity contribution in [2.45, 2.75) is 6.42 Å². The van der Waals surface area contributed by atoms with Gasteiger partial charge in [-0.05, 0) is 29.8 Å². The van der Waals surface area contributed by atoms with Crippen molar-refractivity contribution in [2.75, 3.05) is 5.32 Å². The van der Waals surface area contributed by atoms with Crippen LogP contribution in [0.3, 0.4) is 0 Å². The molecule has 28 heavy (non-hydrogen) atoms. The number of thiazole rings is 1. The molecule has 0 fully saturated rings. The van der Waals surface area contributed by atoms with Crippen molar-refractivity contribution in [1.82, 2.24) is 9.97 Å². The highest BCUT2D eigenvalue weighted by molar-refractivity contribution is 7.15. The predicted octanol–water partition coefficient (Wildman–Crippen LogP) is 4.92. The van der Waals surface area contributed by atoms with Gasteiger partial charge in [-0.25, -0.2) is 18.7 Å². The Hall–Kier alpha value is -3.39. The second kappa shape index (κ2) is 7.69. The van der Waals surface area contributed by atoms with Crippen molar-refractivity contribution < 1.29 is 18.0 Å². The molecule has 0 bridgehead atoms. The maximum Gasteiger partial charge on any atom is 0.257 e. The molecular formula is C20H13F2N3O2S. The fraction of sp³-hybridized carbons (Fsp3) is 0.0500. The third kappa shape index (κ3) is 3.96. The van der Waals surface area contributed by atoms with Crippen molar-refractivity contribution in [3.63, 3.8) is 0 Å². The number of anilines is 1. The van der Waals surface area contributed by atoms with E-state index in [1.807, 2.05) is 0 Å². The van der Waals surface area contributed by atoms with Gasteiger partial charge >= 0.3 is 0 Å². The minimum atomic E-state index is -0.885. The van der Waals surface area contributed by atoms with Gasteiger partial charge in [0.2, 0.25) is 0 Å². The van der Waals surface area contributed by atoms with Crippen LogP contribution in [-0.2, 0) is 6.42 Å². The molecule has 0 radical (unpaired) electrons. The number of aromatic nitrogens is 2. The van der Waals surface area contributed by atoms with E-state index in [1.165, 1.54) is 23.8 Å². The third-order valence-corrected chi connectivity index (χ3v) is 4.91. The summed E-state index contributed by atoms with van der Waals surface area (Å²) in [6.45, 7) is 0. The van der Waals surface area contributed by atoms with E-state index in [1.54, 1.807) is 36.7 Å². The van der Waals surface area contributed by atoms with Crippen LogP contribution in [0, 0.1) is 11.6 Å². The molecule has 2 aromatic carbocycles. The molecule has 2 aromatic heterocycles. The molecule has 140 valence electrons. The number of rotatable bonds is 5. The number of halogens is 2. The Kier molecular flexibility index (Phi) is 4.94. The van der Waals surface area contributed by atoms with Crippen LogP contribution in [0.25, 0.3) is 11.3 Å². The fourth-order valence-corrected chi connectivity index (χ4v) is 3.45. The summed E-state index contributed by atoms with van der Waals surface area (Å²) < 4.78 is 31.5. The van der Waals surface area contributed by atoms with Crippen LogP contribution in [0.1, 0.15) is 20.8 Å². The summed E-state index contributed by atoms with van der Waals surface area (Å²) in [5, 5.41) is 3.17. The molecule has 0 unspecified atom stereocenters. The molecule has 1 amide bonds. The molecule has 5 nitrogen and oxygen atoms in total. The highest BCUT2D eigenvalue weighted by Gasteiger charge is 2.11. The molecule has 1 N–H and O–H groups in total. The first-order chi connectivity index (χ1) is 13.6. The number of oxazole rings is 1. The van der Waals surface area contributed by atoms with E-state index in [2.05, 4.69) is 15.3 Å². The average molecular weight is 397 g/mol. The van der Waals surface area contributed by atoms with Crippen LogP contribution in [0.4, 0.5) is 13.9 Å². The van der Waals surface area contributed by atoms with Gasteiger partial charge in [-0.3, -0.25) is 10.1 Å². The molecule has 0 aliphatic heterocycles. The maximum atomic E-state index is 13.3. The smallest absolute Gasteiger partial charge is 0.257 e. The zero-order valence-corrected chi connectivity index (χ0v) is 15.2. The van der Waals surface area contributed by atoms with Gasteiger partial charge in [-0.1, -0.05) is 18.2 Å². The molecule has 4 rings (SSSR count). The third-order valence-electron chi connectivity index (χ3n) is 4.00. The van der Waals surface area contributed by atoms with Crippen molar-refractivity contribution in [1.29, 1.82) is 0 Å². The quantitative estimate of drug-likeness (QED) is 0.519. The standard InChI is InChI=1S/C20H13F2N3O2S/c21-16-6-1-12(8-17(16)22)7-15-9-24-20(28-15)25-19(26)14-4-2-13(3-5-14)18-10-23-11-27-18/h1-6,8-11H,7H2,(H,24,25,26). The summed E-state index contributed by atoms with van der Waals surface area (Å²) in [6, 6.07) is 10.7. The number of benzene rings is 2. The van der Waals surface area contributed by atoms with E-state index in [0.717, 1.165) is 22.6 Å². The van der Waals surface area contributed by atoms with Crippen LogP contribution in [0.15, 0.2) is 65.7 Å². The Morgan fingerprint density at radius 3 is 2.61 bits per heavy atom. The van der Waals surface area contributed by atoms with E-state index in [4.69, 9.17) is 4.42 Å². The van der Waals surface area contributed by atoms with Gasteiger partial charge in [0.15, 0.2) is 28.9 Å². The molecular weight excluding hydrogens is 384 g/mol. The van der Waals surface area contributed by atoms with E-state index in [0.29, 0.717) is 28.4 Å². The molecule has 0 spiro atoms. The first-order valence-electron chi connectivity index (χ1n) is 8.27. The second-order valence-electron chi connectivity index (χ2n) is 5.95. The lowest BCUT2D eigenvalue weighted by Gasteiger charge is -2.03. The Bertz CT molecular complexity index is 1110. The van der Waals surface area contributed by atoms with E-state index >= 15 is 0 Å². The largest absolute Gasteiger partial charge is 0.444 e. The van der Waals surface area contributed by atoms with Gasteiger partial charge in [0.05, 0.1) is 6.20 Å². The summed E-state index contributed by atoms with van der Waals surface area (Å²) in [4.78, 5) is 21.2. The fourth-order valence-electron chi connectivity index (χ4n) is 2.61. The van der Waals surface area contributed by atoms with Crippen LogP contribution in [-0.4, -0.2) is 15.9 Å². The van der Waals surface area contributed by atoms with Gasteiger partial charge in [0.25, 0.3) is 5.91 Å². The molecule has 4 aromatic rings. The monoisotopic (exact) mass is 397 g/mol. The average Bonchev–Trinajstić information content (AvgIpc) is 3.37. The summed E-state index contributed by atoms with van der Waals surface area (Å²) >= 11 is 1.28. The number of hydrogen-bond acceptors (Lipinski definition) is 5. The highest BCUT2D eigenvalue weighted by atomic mass is 32.1.